The molecule has 0 aromatic carbocycles. The van der Waals surface area contributed by atoms with E-state index >= 15 is 0 Å². The third-order valence-electron chi connectivity index (χ3n) is 5.53. The third-order valence-corrected chi connectivity index (χ3v) is 5.53. The molecule has 0 unspecified atom stereocenters. The summed E-state index contributed by atoms with van der Waals surface area (Å²) in [5.74, 6) is 0. The van der Waals surface area contributed by atoms with Crippen LogP contribution in [0.3, 0.4) is 0 Å². The standard InChI is InChI=1S/C18H33N3/c1-5-17(6-2,11-9-13-19)15-21-16-18(7-3,8-4)12-10-14-20/h21H,5-12,15-16H2,1-4H3. The van der Waals surface area contributed by atoms with E-state index in [1.165, 1.54) is 0 Å². The average Bonchev–Trinajstić information content (AvgIpc) is 2.54. The van der Waals surface area contributed by atoms with Gasteiger partial charge in [-0.15, -0.1) is 0 Å². The van der Waals surface area contributed by atoms with Crippen LogP contribution in [-0.2, 0) is 0 Å². The maximum atomic E-state index is 8.85. The van der Waals surface area contributed by atoms with E-state index in [-0.39, 0.29) is 10.8 Å². The number of nitriles is 2. The molecule has 0 bridgehead atoms. The van der Waals surface area contributed by atoms with Crippen molar-refractivity contribution in [2.75, 3.05) is 13.1 Å². The smallest absolute Gasteiger partial charge is 0.0621 e. The average molecular weight is 291 g/mol. The molecule has 1 N–H and O–H groups in total. The lowest BCUT2D eigenvalue weighted by Gasteiger charge is -2.36. The molecule has 0 spiro atoms. The second-order valence-electron chi connectivity index (χ2n) is 6.33. The molecule has 0 heterocycles. The zero-order valence-corrected chi connectivity index (χ0v) is 14.5. The SMILES string of the molecule is CCC(CC)(CCC#N)CNCC(CC)(CC)CCC#N. The lowest BCUT2D eigenvalue weighted by molar-refractivity contribution is 0.186. The summed E-state index contributed by atoms with van der Waals surface area (Å²) in [6.07, 6.45) is 7.70. The van der Waals surface area contributed by atoms with Crippen molar-refractivity contribution in [3.8, 4) is 12.1 Å². The van der Waals surface area contributed by atoms with Crippen LogP contribution in [0.25, 0.3) is 0 Å². The molecule has 0 saturated carbocycles. The lowest BCUT2D eigenvalue weighted by Crippen LogP contribution is -2.40. The summed E-state index contributed by atoms with van der Waals surface area (Å²) in [6, 6.07) is 4.57. The highest BCUT2D eigenvalue weighted by atomic mass is 14.9. The second-order valence-corrected chi connectivity index (χ2v) is 6.33. The van der Waals surface area contributed by atoms with E-state index < -0.39 is 0 Å². The van der Waals surface area contributed by atoms with Crippen molar-refractivity contribution in [2.24, 2.45) is 10.8 Å². The summed E-state index contributed by atoms with van der Waals surface area (Å²) in [6.45, 7) is 10.9. The van der Waals surface area contributed by atoms with Crippen LogP contribution in [0.15, 0.2) is 0 Å². The molecule has 0 aromatic heterocycles. The van der Waals surface area contributed by atoms with Crippen LogP contribution in [0.2, 0.25) is 0 Å². The van der Waals surface area contributed by atoms with Crippen molar-refractivity contribution in [1.82, 2.24) is 5.32 Å². The van der Waals surface area contributed by atoms with Gasteiger partial charge in [0.15, 0.2) is 0 Å². The maximum absolute atomic E-state index is 8.85. The number of rotatable bonds is 12. The largest absolute Gasteiger partial charge is 0.316 e. The van der Waals surface area contributed by atoms with Gasteiger partial charge in [-0.2, -0.15) is 10.5 Å². The zero-order valence-electron chi connectivity index (χ0n) is 14.5. The molecule has 0 amide bonds. The molecule has 0 rings (SSSR count). The highest BCUT2D eigenvalue weighted by Crippen LogP contribution is 2.34. The minimum absolute atomic E-state index is 0.248. The lowest BCUT2D eigenvalue weighted by atomic mass is 9.76. The summed E-state index contributed by atoms with van der Waals surface area (Å²) in [7, 11) is 0. The summed E-state index contributed by atoms with van der Waals surface area (Å²) >= 11 is 0. The monoisotopic (exact) mass is 291 g/mol. The second kappa shape index (κ2) is 10.6. The Morgan fingerprint density at radius 2 is 1.05 bits per heavy atom. The first-order valence-electron chi connectivity index (χ1n) is 8.52. The first-order valence-corrected chi connectivity index (χ1v) is 8.52. The van der Waals surface area contributed by atoms with Gasteiger partial charge in [0, 0.05) is 25.9 Å². The van der Waals surface area contributed by atoms with Crippen LogP contribution < -0.4 is 5.32 Å². The Balaban J connectivity index is 4.58. The van der Waals surface area contributed by atoms with Crippen molar-refractivity contribution >= 4 is 0 Å². The van der Waals surface area contributed by atoms with Gasteiger partial charge in [-0.1, -0.05) is 27.7 Å². The van der Waals surface area contributed by atoms with Crippen molar-refractivity contribution in [3.05, 3.63) is 0 Å². The molecule has 0 fully saturated rings. The minimum Gasteiger partial charge on any atom is -0.316 e. The summed E-state index contributed by atoms with van der Waals surface area (Å²) in [5.41, 5.74) is 0.496. The first-order chi connectivity index (χ1) is 10.1. The van der Waals surface area contributed by atoms with Gasteiger partial charge < -0.3 is 5.32 Å². The fraction of sp³-hybridized carbons (Fsp3) is 0.889. The number of nitrogens with one attached hydrogen (secondary N) is 1. The Labute approximate surface area is 131 Å². The van der Waals surface area contributed by atoms with Crippen LogP contribution in [0.4, 0.5) is 0 Å². The van der Waals surface area contributed by atoms with E-state index in [2.05, 4.69) is 45.2 Å². The van der Waals surface area contributed by atoms with E-state index in [9.17, 15) is 0 Å². The van der Waals surface area contributed by atoms with Gasteiger partial charge in [0.25, 0.3) is 0 Å². The number of hydrogen-bond donors (Lipinski definition) is 1. The molecule has 0 aliphatic rings. The Morgan fingerprint density at radius 3 is 1.29 bits per heavy atom. The molecule has 3 nitrogen and oxygen atoms in total. The van der Waals surface area contributed by atoms with Crippen LogP contribution >= 0.6 is 0 Å². The molecule has 0 radical (unpaired) electrons. The molecular formula is C18H33N3. The first kappa shape index (κ1) is 19.9. The fourth-order valence-corrected chi connectivity index (χ4v) is 3.12. The normalized spacial score (nSPS) is 11.9. The predicted molar refractivity (Wildman–Crippen MR) is 88.6 cm³/mol. The number of hydrogen-bond acceptors (Lipinski definition) is 3. The highest BCUT2D eigenvalue weighted by Gasteiger charge is 2.29. The number of nitrogens with zero attached hydrogens (tertiary/aromatic N) is 2. The molecule has 0 saturated heterocycles. The van der Waals surface area contributed by atoms with E-state index in [0.29, 0.717) is 12.8 Å². The molecule has 0 aliphatic heterocycles. The maximum Gasteiger partial charge on any atom is 0.0621 e. The topological polar surface area (TPSA) is 59.6 Å². The van der Waals surface area contributed by atoms with Gasteiger partial charge in [-0.25, -0.2) is 0 Å². The van der Waals surface area contributed by atoms with Gasteiger partial charge in [0.1, 0.15) is 0 Å². The van der Waals surface area contributed by atoms with E-state index in [4.69, 9.17) is 10.5 Å². The van der Waals surface area contributed by atoms with Gasteiger partial charge in [-0.05, 0) is 49.4 Å². The van der Waals surface area contributed by atoms with Crippen molar-refractivity contribution in [1.29, 1.82) is 10.5 Å². The van der Waals surface area contributed by atoms with Gasteiger partial charge in [0.2, 0.25) is 0 Å². The zero-order chi connectivity index (χ0) is 16.2. The fourth-order valence-electron chi connectivity index (χ4n) is 3.12. The Bertz CT molecular complexity index is 306. The van der Waals surface area contributed by atoms with E-state index in [1.807, 2.05) is 0 Å². The summed E-state index contributed by atoms with van der Waals surface area (Å²) in [5, 5.41) is 21.4. The predicted octanol–water partition coefficient (Wildman–Crippen LogP) is 4.80. The molecule has 21 heavy (non-hydrogen) atoms. The Kier molecular flexibility index (Phi) is 10.1. The van der Waals surface area contributed by atoms with Gasteiger partial charge in [0.05, 0.1) is 12.1 Å². The van der Waals surface area contributed by atoms with E-state index in [1.54, 1.807) is 0 Å². The summed E-state index contributed by atoms with van der Waals surface area (Å²) < 4.78 is 0. The third kappa shape index (κ3) is 6.49. The van der Waals surface area contributed by atoms with Crippen LogP contribution in [0.1, 0.15) is 79.1 Å². The van der Waals surface area contributed by atoms with Crippen molar-refractivity contribution < 1.29 is 0 Å². The molecular weight excluding hydrogens is 258 g/mol. The van der Waals surface area contributed by atoms with E-state index in [0.717, 1.165) is 51.6 Å². The highest BCUT2D eigenvalue weighted by molar-refractivity contribution is 4.87. The Morgan fingerprint density at radius 1 is 0.714 bits per heavy atom. The van der Waals surface area contributed by atoms with Gasteiger partial charge in [-0.3, -0.25) is 0 Å². The molecule has 3 heteroatoms. The van der Waals surface area contributed by atoms with Crippen molar-refractivity contribution in [3.63, 3.8) is 0 Å². The van der Waals surface area contributed by atoms with Crippen LogP contribution in [0.5, 0.6) is 0 Å². The molecule has 120 valence electrons. The van der Waals surface area contributed by atoms with Crippen LogP contribution in [-0.4, -0.2) is 13.1 Å². The van der Waals surface area contributed by atoms with Gasteiger partial charge >= 0.3 is 0 Å². The quantitative estimate of drug-likeness (QED) is 0.562. The summed E-state index contributed by atoms with van der Waals surface area (Å²) in [4.78, 5) is 0. The molecule has 0 atom stereocenters. The van der Waals surface area contributed by atoms with Crippen LogP contribution in [0, 0.1) is 33.5 Å². The molecule has 0 aliphatic carbocycles. The minimum atomic E-state index is 0.248. The Hall–Kier alpha value is -1.06. The molecule has 0 aromatic rings. The van der Waals surface area contributed by atoms with Crippen molar-refractivity contribution in [2.45, 2.75) is 79.1 Å².